The van der Waals surface area contributed by atoms with E-state index in [1.165, 1.54) is 11.3 Å². The molecule has 1 aliphatic heterocycles. The summed E-state index contributed by atoms with van der Waals surface area (Å²) in [7, 11) is 1.63. The lowest BCUT2D eigenvalue weighted by atomic mass is 10.1. The molecule has 0 unspecified atom stereocenters. The van der Waals surface area contributed by atoms with Gasteiger partial charge in [0.25, 0.3) is 5.91 Å². The van der Waals surface area contributed by atoms with E-state index in [4.69, 9.17) is 9.47 Å². The molecule has 34 heavy (non-hydrogen) atoms. The summed E-state index contributed by atoms with van der Waals surface area (Å²) >= 11 is 1.50. The van der Waals surface area contributed by atoms with E-state index in [2.05, 4.69) is 20.6 Å². The first-order valence-electron chi connectivity index (χ1n) is 11.2. The van der Waals surface area contributed by atoms with Gasteiger partial charge in [-0.15, -0.1) is 11.3 Å². The van der Waals surface area contributed by atoms with Gasteiger partial charge < -0.3 is 25.0 Å². The Bertz CT molecular complexity index is 1190. The third-order valence-electron chi connectivity index (χ3n) is 5.49. The molecule has 2 amide bonds. The van der Waals surface area contributed by atoms with E-state index in [9.17, 15) is 9.59 Å². The Morgan fingerprint density at radius 2 is 1.85 bits per heavy atom. The number of aryl methyl sites for hydroxylation is 1. The highest BCUT2D eigenvalue weighted by Crippen LogP contribution is 2.30. The average Bonchev–Trinajstić information content (AvgIpc) is 3.14. The normalized spacial score (nSPS) is 14.6. The van der Waals surface area contributed by atoms with Gasteiger partial charge in [0.1, 0.15) is 5.75 Å². The quantitative estimate of drug-likeness (QED) is 0.520. The largest absolute Gasteiger partial charge is 0.497 e. The molecule has 10 heteroatoms. The third kappa shape index (κ3) is 5.22. The minimum atomic E-state index is -0.468. The summed E-state index contributed by atoms with van der Waals surface area (Å²) in [5.74, 6) is 1.01. The molecule has 0 radical (unpaired) electrons. The lowest BCUT2D eigenvalue weighted by Crippen LogP contribution is -2.61. The summed E-state index contributed by atoms with van der Waals surface area (Å²) in [4.78, 5) is 37.1. The maximum atomic E-state index is 13.3. The second-order valence-corrected chi connectivity index (χ2v) is 9.87. The SMILES string of the molecule is COc1ccc([C@H](C)Nc2nc(C(=O)N3CC(NC(=O)OC(C)C)C3)c3sc(C)cc3n2)cc1. The number of hydrogen-bond donors (Lipinski definition) is 2. The van der Waals surface area contributed by atoms with Crippen LogP contribution in [0.3, 0.4) is 0 Å². The van der Waals surface area contributed by atoms with E-state index in [1.54, 1.807) is 25.9 Å². The number of carbonyl (C=O) groups excluding carboxylic acids is 2. The van der Waals surface area contributed by atoms with E-state index in [1.807, 2.05) is 44.2 Å². The van der Waals surface area contributed by atoms with E-state index >= 15 is 0 Å². The molecule has 1 fully saturated rings. The first kappa shape index (κ1) is 23.7. The number of hydrogen-bond acceptors (Lipinski definition) is 8. The molecule has 0 aliphatic carbocycles. The molecular weight excluding hydrogens is 454 g/mol. The summed E-state index contributed by atoms with van der Waals surface area (Å²) in [6, 6.07) is 9.52. The Labute approximate surface area is 202 Å². The van der Waals surface area contributed by atoms with Crippen LogP contribution in [0.1, 0.15) is 47.7 Å². The standard InChI is InChI=1S/C24H29N5O4S/c1-13(2)33-24(31)26-17-11-29(12-17)22(30)20-21-19(10-14(3)34-21)27-23(28-20)25-15(4)16-6-8-18(32-5)9-7-16/h6-10,13,15,17H,11-12H2,1-5H3,(H,26,31)(H,25,27,28)/t15-/m0/s1. The molecule has 0 spiro atoms. The summed E-state index contributed by atoms with van der Waals surface area (Å²) < 4.78 is 11.1. The topological polar surface area (TPSA) is 106 Å². The van der Waals surface area contributed by atoms with Crippen LogP contribution >= 0.6 is 11.3 Å². The number of likely N-dealkylation sites (tertiary alicyclic amines) is 1. The molecule has 180 valence electrons. The fourth-order valence-electron chi connectivity index (χ4n) is 3.73. The molecule has 1 aromatic carbocycles. The lowest BCUT2D eigenvalue weighted by Gasteiger charge is -2.39. The minimum Gasteiger partial charge on any atom is -0.497 e. The first-order chi connectivity index (χ1) is 16.2. The fraction of sp³-hybridized carbons (Fsp3) is 0.417. The molecule has 9 nitrogen and oxygen atoms in total. The number of benzene rings is 1. The molecule has 0 saturated carbocycles. The van der Waals surface area contributed by atoms with Crippen molar-refractivity contribution in [2.75, 3.05) is 25.5 Å². The van der Waals surface area contributed by atoms with E-state index in [-0.39, 0.29) is 24.1 Å². The second kappa shape index (κ2) is 9.84. The van der Waals surface area contributed by atoms with Crippen LogP contribution in [0.25, 0.3) is 10.2 Å². The molecule has 4 rings (SSSR count). The van der Waals surface area contributed by atoms with Crippen molar-refractivity contribution in [1.29, 1.82) is 0 Å². The van der Waals surface area contributed by atoms with Crippen molar-refractivity contribution in [1.82, 2.24) is 20.2 Å². The van der Waals surface area contributed by atoms with Crippen molar-refractivity contribution in [2.45, 2.75) is 45.9 Å². The van der Waals surface area contributed by atoms with Crippen LogP contribution in [-0.4, -0.2) is 59.2 Å². The van der Waals surface area contributed by atoms with Gasteiger partial charge in [-0.1, -0.05) is 12.1 Å². The summed E-state index contributed by atoms with van der Waals surface area (Å²) in [6.07, 6.45) is -0.662. The van der Waals surface area contributed by atoms with Gasteiger partial charge in [-0.2, -0.15) is 0 Å². The molecule has 3 heterocycles. The number of methoxy groups -OCH3 is 1. The number of fused-ring (bicyclic) bond motifs is 1. The first-order valence-corrected chi connectivity index (χ1v) is 12.0. The summed E-state index contributed by atoms with van der Waals surface area (Å²) in [5, 5.41) is 6.10. The van der Waals surface area contributed by atoms with Crippen LogP contribution < -0.4 is 15.4 Å². The highest BCUT2D eigenvalue weighted by Gasteiger charge is 2.34. The van der Waals surface area contributed by atoms with Gasteiger partial charge in [0.05, 0.1) is 35.5 Å². The zero-order valence-electron chi connectivity index (χ0n) is 19.9. The third-order valence-corrected chi connectivity index (χ3v) is 6.54. The number of amides is 2. The zero-order chi connectivity index (χ0) is 24.4. The Morgan fingerprint density at radius 3 is 2.50 bits per heavy atom. The van der Waals surface area contributed by atoms with Crippen LogP contribution in [-0.2, 0) is 4.74 Å². The van der Waals surface area contributed by atoms with Crippen molar-refractivity contribution in [2.24, 2.45) is 0 Å². The number of nitrogens with one attached hydrogen (secondary N) is 2. The van der Waals surface area contributed by atoms with Gasteiger partial charge in [-0.3, -0.25) is 4.79 Å². The van der Waals surface area contributed by atoms with Gasteiger partial charge in [0, 0.05) is 18.0 Å². The summed E-state index contributed by atoms with van der Waals surface area (Å²) in [5.41, 5.74) is 2.15. The number of carbonyl (C=O) groups is 2. The number of nitrogens with zero attached hydrogens (tertiary/aromatic N) is 3. The molecule has 1 atom stereocenters. The molecule has 0 bridgehead atoms. The van der Waals surface area contributed by atoms with Crippen LogP contribution in [0.15, 0.2) is 30.3 Å². The molecule has 2 N–H and O–H groups in total. The van der Waals surface area contributed by atoms with Gasteiger partial charge in [-0.05, 0) is 51.5 Å². The van der Waals surface area contributed by atoms with Gasteiger partial charge in [-0.25, -0.2) is 14.8 Å². The van der Waals surface area contributed by atoms with Crippen molar-refractivity contribution < 1.29 is 19.1 Å². The van der Waals surface area contributed by atoms with Gasteiger partial charge in [0.15, 0.2) is 5.69 Å². The number of anilines is 1. The van der Waals surface area contributed by atoms with E-state index < -0.39 is 6.09 Å². The molecule has 2 aromatic heterocycles. The van der Waals surface area contributed by atoms with E-state index in [0.29, 0.717) is 24.7 Å². The number of rotatable bonds is 7. The lowest BCUT2D eigenvalue weighted by molar-refractivity contribution is 0.0526. The highest BCUT2D eigenvalue weighted by molar-refractivity contribution is 7.19. The van der Waals surface area contributed by atoms with Crippen molar-refractivity contribution in [3.63, 3.8) is 0 Å². The second-order valence-electron chi connectivity index (χ2n) is 8.61. The van der Waals surface area contributed by atoms with Crippen LogP contribution in [0, 0.1) is 6.92 Å². The number of aromatic nitrogens is 2. The smallest absolute Gasteiger partial charge is 0.407 e. The Morgan fingerprint density at radius 1 is 1.15 bits per heavy atom. The molecule has 1 saturated heterocycles. The maximum Gasteiger partial charge on any atom is 0.407 e. The number of alkyl carbamates (subject to hydrolysis) is 1. The Balaban J connectivity index is 1.50. The number of thiophene rings is 1. The van der Waals surface area contributed by atoms with Crippen LogP contribution in [0.4, 0.5) is 10.7 Å². The molecular formula is C24H29N5O4S. The Hall–Kier alpha value is -3.40. The minimum absolute atomic E-state index is 0.0735. The Kier molecular flexibility index (Phi) is 6.87. The van der Waals surface area contributed by atoms with Crippen LogP contribution in [0.2, 0.25) is 0 Å². The van der Waals surface area contributed by atoms with Crippen molar-refractivity contribution in [3.05, 3.63) is 46.5 Å². The highest BCUT2D eigenvalue weighted by atomic mass is 32.1. The van der Waals surface area contributed by atoms with E-state index in [0.717, 1.165) is 26.4 Å². The molecule has 1 aliphatic rings. The number of ether oxygens (including phenoxy) is 2. The van der Waals surface area contributed by atoms with Crippen molar-refractivity contribution in [3.8, 4) is 5.75 Å². The van der Waals surface area contributed by atoms with Gasteiger partial charge in [0.2, 0.25) is 5.95 Å². The monoisotopic (exact) mass is 483 g/mol. The maximum absolute atomic E-state index is 13.3. The summed E-state index contributed by atoms with van der Waals surface area (Å²) in [6.45, 7) is 8.40. The molecule has 3 aromatic rings. The van der Waals surface area contributed by atoms with Gasteiger partial charge >= 0.3 is 6.09 Å². The zero-order valence-corrected chi connectivity index (χ0v) is 20.7. The average molecular weight is 484 g/mol. The van der Waals surface area contributed by atoms with Crippen LogP contribution in [0.5, 0.6) is 5.75 Å². The predicted molar refractivity (Wildman–Crippen MR) is 132 cm³/mol. The predicted octanol–water partition coefficient (Wildman–Crippen LogP) is 4.14. The van der Waals surface area contributed by atoms with Crippen molar-refractivity contribution >= 4 is 39.5 Å². The fourth-order valence-corrected chi connectivity index (χ4v) is 4.66.